The monoisotopic (exact) mass is 305 g/mol. The molecule has 112 valence electrons. The van der Waals surface area contributed by atoms with Crippen LogP contribution in [0, 0.1) is 0 Å². The van der Waals surface area contributed by atoms with E-state index >= 15 is 0 Å². The van der Waals surface area contributed by atoms with Crippen LogP contribution in [0.1, 0.15) is 11.6 Å². The lowest BCUT2D eigenvalue weighted by atomic mass is 10.0. The van der Waals surface area contributed by atoms with Gasteiger partial charge >= 0.3 is 0 Å². The van der Waals surface area contributed by atoms with Gasteiger partial charge in [-0.3, -0.25) is 0 Å². The van der Waals surface area contributed by atoms with Gasteiger partial charge in [-0.1, -0.05) is 48.5 Å². The first-order chi connectivity index (χ1) is 10.3. The average Bonchev–Trinajstić information content (AvgIpc) is 2.56. The van der Waals surface area contributed by atoms with Crippen molar-refractivity contribution in [2.45, 2.75) is 12.1 Å². The molecule has 0 bridgehead atoms. The van der Waals surface area contributed by atoms with Gasteiger partial charge in [0.25, 0.3) is 0 Å². The molecule has 0 saturated carbocycles. The molecule has 4 heteroatoms. The van der Waals surface area contributed by atoms with Crippen molar-refractivity contribution >= 4 is 11.6 Å². The molecule has 0 saturated heterocycles. The Bertz CT molecular complexity index is 507. The number of hydrogen-bond donors (Lipinski definition) is 2. The fraction of sp³-hybridized carbons (Fsp3) is 0.294. The lowest BCUT2D eigenvalue weighted by molar-refractivity contribution is 0.0831. The highest BCUT2D eigenvalue weighted by molar-refractivity contribution is 6.18. The van der Waals surface area contributed by atoms with Gasteiger partial charge in [0.1, 0.15) is 11.9 Å². The first kappa shape index (κ1) is 15.8. The van der Waals surface area contributed by atoms with E-state index in [1.54, 1.807) is 0 Å². The molecular weight excluding hydrogens is 286 g/mol. The quantitative estimate of drug-likeness (QED) is 0.737. The third kappa shape index (κ3) is 4.74. The van der Waals surface area contributed by atoms with Crippen molar-refractivity contribution in [2.24, 2.45) is 0 Å². The Labute approximate surface area is 130 Å². The molecule has 0 aliphatic carbocycles. The van der Waals surface area contributed by atoms with Crippen molar-refractivity contribution in [3.05, 3.63) is 66.2 Å². The molecular formula is C17H20ClNO2. The van der Waals surface area contributed by atoms with E-state index in [-0.39, 0.29) is 18.8 Å². The third-order valence-corrected chi connectivity index (χ3v) is 3.39. The maximum absolute atomic E-state index is 9.72. The Morgan fingerprint density at radius 3 is 2.19 bits per heavy atom. The zero-order chi connectivity index (χ0) is 14.9. The lowest BCUT2D eigenvalue weighted by Gasteiger charge is -2.27. The van der Waals surface area contributed by atoms with Crippen LogP contribution in [0.2, 0.25) is 0 Å². The smallest absolute Gasteiger partial charge is 0.141 e. The van der Waals surface area contributed by atoms with E-state index < -0.39 is 0 Å². The van der Waals surface area contributed by atoms with E-state index in [0.29, 0.717) is 12.4 Å². The minimum absolute atomic E-state index is 0.0796. The molecule has 0 aliphatic rings. The van der Waals surface area contributed by atoms with Crippen molar-refractivity contribution in [1.82, 2.24) is 5.32 Å². The van der Waals surface area contributed by atoms with Crippen molar-refractivity contribution in [1.29, 1.82) is 0 Å². The van der Waals surface area contributed by atoms with Crippen LogP contribution in [-0.2, 0) is 0 Å². The van der Waals surface area contributed by atoms with E-state index in [9.17, 15) is 5.11 Å². The largest absolute Gasteiger partial charge is 0.486 e. The molecule has 0 amide bonds. The van der Waals surface area contributed by atoms with E-state index in [1.807, 2.05) is 60.7 Å². The van der Waals surface area contributed by atoms with Gasteiger partial charge in [-0.25, -0.2) is 0 Å². The number of aliphatic hydroxyl groups excluding tert-OH is 1. The Kier molecular flexibility index (Phi) is 6.54. The number of rotatable bonds is 8. The zero-order valence-electron chi connectivity index (χ0n) is 11.8. The third-order valence-electron chi connectivity index (χ3n) is 3.20. The summed E-state index contributed by atoms with van der Waals surface area (Å²) in [7, 11) is 0. The van der Waals surface area contributed by atoms with Crippen LogP contribution in [0.25, 0.3) is 0 Å². The summed E-state index contributed by atoms with van der Waals surface area (Å²) in [6, 6.07) is 19.3. The summed E-state index contributed by atoms with van der Waals surface area (Å²) >= 11 is 5.78. The molecule has 0 heterocycles. The number of ether oxygens (including phenoxy) is 1. The molecule has 2 N–H and O–H groups in total. The molecule has 0 spiro atoms. The molecule has 0 aliphatic heterocycles. The summed E-state index contributed by atoms with van der Waals surface area (Å²) in [4.78, 5) is 0. The molecule has 21 heavy (non-hydrogen) atoms. The van der Waals surface area contributed by atoms with Gasteiger partial charge in [-0.05, 0) is 17.7 Å². The van der Waals surface area contributed by atoms with Crippen LogP contribution in [0.4, 0.5) is 0 Å². The number of halogens is 1. The topological polar surface area (TPSA) is 41.5 Å². The summed E-state index contributed by atoms with van der Waals surface area (Å²) < 4.78 is 5.92. The number of benzene rings is 2. The van der Waals surface area contributed by atoms with E-state index in [1.165, 1.54) is 0 Å². The molecule has 3 nitrogen and oxygen atoms in total. The van der Waals surface area contributed by atoms with Crippen molar-refractivity contribution in [3.63, 3.8) is 0 Å². The summed E-state index contributed by atoms with van der Waals surface area (Å²) in [6.07, 6.45) is -0.377. The SMILES string of the molecule is OC[C@@H](Oc1ccccc1)[C@H](NCCCl)c1ccccc1. The number of aliphatic hydroxyl groups is 1. The Balaban J connectivity index is 2.16. The second-order valence-corrected chi connectivity index (χ2v) is 5.06. The van der Waals surface area contributed by atoms with Gasteiger partial charge in [0.05, 0.1) is 12.6 Å². The molecule has 0 unspecified atom stereocenters. The van der Waals surface area contributed by atoms with Gasteiger partial charge < -0.3 is 15.2 Å². The van der Waals surface area contributed by atoms with Crippen LogP contribution in [-0.4, -0.2) is 30.2 Å². The van der Waals surface area contributed by atoms with Gasteiger partial charge in [-0.2, -0.15) is 0 Å². The lowest BCUT2D eigenvalue weighted by Crippen LogP contribution is -2.39. The molecule has 0 radical (unpaired) electrons. The first-order valence-corrected chi connectivity index (χ1v) is 7.55. The van der Waals surface area contributed by atoms with Gasteiger partial charge in [0.15, 0.2) is 0 Å². The van der Waals surface area contributed by atoms with Crippen LogP contribution < -0.4 is 10.1 Å². The summed E-state index contributed by atoms with van der Waals surface area (Å²) in [5, 5.41) is 13.1. The maximum Gasteiger partial charge on any atom is 0.141 e. The number of hydrogen-bond acceptors (Lipinski definition) is 3. The van der Waals surface area contributed by atoms with E-state index in [2.05, 4.69) is 5.32 Å². The van der Waals surface area contributed by atoms with Crippen molar-refractivity contribution in [3.8, 4) is 5.75 Å². The first-order valence-electron chi connectivity index (χ1n) is 7.02. The van der Waals surface area contributed by atoms with E-state index in [0.717, 1.165) is 11.3 Å². The molecule has 0 aromatic heterocycles. The fourth-order valence-electron chi connectivity index (χ4n) is 2.22. The van der Waals surface area contributed by atoms with Gasteiger partial charge in [0, 0.05) is 12.4 Å². The predicted molar refractivity (Wildman–Crippen MR) is 85.8 cm³/mol. The minimum Gasteiger partial charge on any atom is -0.486 e. The Morgan fingerprint density at radius 2 is 1.62 bits per heavy atom. The van der Waals surface area contributed by atoms with Gasteiger partial charge in [-0.15, -0.1) is 11.6 Å². The molecule has 2 aromatic carbocycles. The van der Waals surface area contributed by atoms with Crippen LogP contribution in [0.3, 0.4) is 0 Å². The molecule has 2 rings (SSSR count). The van der Waals surface area contributed by atoms with Gasteiger partial charge in [0.2, 0.25) is 0 Å². The second kappa shape index (κ2) is 8.67. The standard InChI is InChI=1S/C17H20ClNO2/c18-11-12-19-17(14-7-3-1-4-8-14)16(13-20)21-15-9-5-2-6-10-15/h1-10,16-17,19-20H,11-13H2/t16-,17-/m1/s1. The second-order valence-electron chi connectivity index (χ2n) is 4.68. The highest BCUT2D eigenvalue weighted by Crippen LogP contribution is 2.22. The van der Waals surface area contributed by atoms with E-state index in [4.69, 9.17) is 16.3 Å². The number of para-hydroxylation sites is 1. The summed E-state index contributed by atoms with van der Waals surface area (Å²) in [6.45, 7) is 0.569. The van der Waals surface area contributed by atoms with Crippen molar-refractivity contribution in [2.75, 3.05) is 19.0 Å². The Morgan fingerprint density at radius 1 is 1.00 bits per heavy atom. The fourth-order valence-corrected chi connectivity index (χ4v) is 2.33. The minimum atomic E-state index is -0.377. The molecule has 2 atom stereocenters. The molecule has 2 aromatic rings. The van der Waals surface area contributed by atoms with Crippen LogP contribution >= 0.6 is 11.6 Å². The highest BCUT2D eigenvalue weighted by atomic mass is 35.5. The van der Waals surface area contributed by atoms with Crippen LogP contribution in [0.5, 0.6) is 5.75 Å². The zero-order valence-corrected chi connectivity index (χ0v) is 12.5. The highest BCUT2D eigenvalue weighted by Gasteiger charge is 2.23. The van der Waals surface area contributed by atoms with Crippen LogP contribution in [0.15, 0.2) is 60.7 Å². The molecule has 0 fully saturated rings. The average molecular weight is 306 g/mol. The Hall–Kier alpha value is -1.55. The summed E-state index contributed by atoms with van der Waals surface area (Å²) in [5.41, 5.74) is 1.07. The number of alkyl halides is 1. The predicted octanol–water partition coefficient (Wildman–Crippen LogP) is 3.00. The summed E-state index contributed by atoms with van der Waals surface area (Å²) in [5.74, 6) is 1.25. The normalized spacial score (nSPS) is 13.6. The maximum atomic E-state index is 9.72. The van der Waals surface area contributed by atoms with Crippen molar-refractivity contribution < 1.29 is 9.84 Å². The number of nitrogens with one attached hydrogen (secondary N) is 1.